The summed E-state index contributed by atoms with van der Waals surface area (Å²) < 4.78 is 2.18. The fraction of sp³-hybridized carbons (Fsp3) is 0.571. The number of benzene rings is 1. The molecule has 1 unspecified atom stereocenters. The lowest BCUT2D eigenvalue weighted by Crippen LogP contribution is -2.33. The molecule has 1 saturated carbocycles. The van der Waals surface area contributed by atoms with Crippen molar-refractivity contribution < 1.29 is 4.79 Å². The molecule has 0 spiro atoms. The Balaban J connectivity index is 1.83. The normalized spacial score (nSPS) is 16.0. The van der Waals surface area contributed by atoms with Gasteiger partial charge in [0.15, 0.2) is 11.0 Å². The van der Waals surface area contributed by atoms with E-state index >= 15 is 0 Å². The van der Waals surface area contributed by atoms with E-state index in [9.17, 15) is 4.79 Å². The Morgan fingerprint density at radius 3 is 2.72 bits per heavy atom. The van der Waals surface area contributed by atoms with Crippen LogP contribution in [0.2, 0.25) is 10.0 Å². The Morgan fingerprint density at radius 2 is 2.03 bits per heavy atom. The van der Waals surface area contributed by atoms with Gasteiger partial charge in [0.2, 0.25) is 5.91 Å². The van der Waals surface area contributed by atoms with Crippen LogP contribution in [0.25, 0.3) is 11.4 Å². The average molecular weight is 455 g/mol. The van der Waals surface area contributed by atoms with Gasteiger partial charge in [0, 0.05) is 22.7 Å². The van der Waals surface area contributed by atoms with Crippen molar-refractivity contribution in [1.82, 2.24) is 20.1 Å². The molecule has 1 fully saturated rings. The summed E-state index contributed by atoms with van der Waals surface area (Å²) in [5.41, 5.74) is 0.821. The molecule has 1 aromatic heterocycles. The molecule has 1 atom stereocenters. The summed E-state index contributed by atoms with van der Waals surface area (Å²) in [6, 6.07) is 5.95. The van der Waals surface area contributed by atoms with Crippen LogP contribution in [0, 0.1) is 0 Å². The summed E-state index contributed by atoms with van der Waals surface area (Å²) in [6.07, 6.45) is 7.85. The van der Waals surface area contributed by atoms with Crippen molar-refractivity contribution in [2.45, 2.75) is 76.0 Å². The van der Waals surface area contributed by atoms with Crippen molar-refractivity contribution in [1.29, 1.82) is 0 Å². The number of carbonyl (C=O) groups is 1. The zero-order valence-electron chi connectivity index (χ0n) is 17.0. The Morgan fingerprint density at radius 1 is 1.28 bits per heavy atom. The van der Waals surface area contributed by atoms with E-state index in [1.165, 1.54) is 31.0 Å². The fourth-order valence-corrected chi connectivity index (χ4v) is 5.16. The van der Waals surface area contributed by atoms with E-state index in [1.54, 1.807) is 6.07 Å². The van der Waals surface area contributed by atoms with Crippen molar-refractivity contribution in [3.05, 3.63) is 28.2 Å². The first-order valence-corrected chi connectivity index (χ1v) is 12.1. The molecule has 1 amide bonds. The number of aromatic nitrogens is 3. The van der Waals surface area contributed by atoms with Crippen LogP contribution in [0.4, 0.5) is 0 Å². The lowest BCUT2D eigenvalue weighted by atomic mass is 9.95. The highest BCUT2D eigenvalue weighted by molar-refractivity contribution is 7.99. The molecular weight excluding hydrogens is 427 g/mol. The summed E-state index contributed by atoms with van der Waals surface area (Å²) in [4.78, 5) is 12.3. The molecule has 29 heavy (non-hydrogen) atoms. The third-order valence-electron chi connectivity index (χ3n) is 5.24. The van der Waals surface area contributed by atoms with Crippen molar-refractivity contribution >= 4 is 40.9 Å². The highest BCUT2D eigenvalue weighted by Gasteiger charge is 2.25. The van der Waals surface area contributed by atoms with Crippen LogP contribution in [-0.2, 0) is 4.79 Å². The van der Waals surface area contributed by atoms with Gasteiger partial charge in [-0.3, -0.25) is 9.36 Å². The third kappa shape index (κ3) is 5.89. The quantitative estimate of drug-likeness (QED) is 0.485. The maximum atomic E-state index is 12.3. The number of rotatable bonds is 8. The minimum absolute atomic E-state index is 0.0280. The summed E-state index contributed by atoms with van der Waals surface area (Å²) in [6.45, 7) is 4.16. The Labute approximate surface area is 186 Å². The number of nitrogens with one attached hydrogen (secondary N) is 1. The Kier molecular flexibility index (Phi) is 8.27. The third-order valence-corrected chi connectivity index (χ3v) is 6.73. The van der Waals surface area contributed by atoms with Crippen LogP contribution in [0.1, 0.15) is 64.8 Å². The van der Waals surface area contributed by atoms with Crippen LogP contribution < -0.4 is 5.32 Å². The monoisotopic (exact) mass is 454 g/mol. The van der Waals surface area contributed by atoms with Crippen molar-refractivity contribution in [3.63, 3.8) is 0 Å². The number of thioether (sulfide) groups is 1. The molecule has 1 aliphatic rings. The standard InChI is InChI=1S/C21H28Cl2N4OS/c1-3-7-14(2)24-19(28)13-29-21-26-25-20(17-11-10-15(22)12-18(17)23)27(21)16-8-5-4-6-9-16/h10-12,14,16H,3-9,13H2,1-2H3,(H,24,28). The number of amides is 1. The number of nitrogens with zero attached hydrogens (tertiary/aromatic N) is 3. The Bertz CT molecular complexity index is 836. The highest BCUT2D eigenvalue weighted by Crippen LogP contribution is 2.38. The zero-order chi connectivity index (χ0) is 20.8. The molecule has 0 aliphatic heterocycles. The molecule has 1 N–H and O–H groups in total. The minimum Gasteiger partial charge on any atom is -0.353 e. The van der Waals surface area contributed by atoms with Crippen LogP contribution >= 0.6 is 35.0 Å². The first-order chi connectivity index (χ1) is 14.0. The lowest BCUT2D eigenvalue weighted by molar-refractivity contribution is -0.119. The Hall–Kier alpha value is -1.24. The van der Waals surface area contributed by atoms with Crippen LogP contribution in [-0.4, -0.2) is 32.5 Å². The van der Waals surface area contributed by atoms with Gasteiger partial charge in [-0.2, -0.15) is 0 Å². The minimum atomic E-state index is 0.0280. The number of hydrogen-bond donors (Lipinski definition) is 1. The van der Waals surface area contributed by atoms with Gasteiger partial charge in [-0.1, -0.05) is 67.6 Å². The van der Waals surface area contributed by atoms with E-state index < -0.39 is 0 Å². The van der Waals surface area contributed by atoms with E-state index in [0.29, 0.717) is 21.8 Å². The molecule has 1 aromatic carbocycles. The van der Waals surface area contributed by atoms with Crippen LogP contribution in [0.15, 0.2) is 23.4 Å². The molecule has 0 radical (unpaired) electrons. The molecule has 2 aromatic rings. The molecule has 5 nitrogen and oxygen atoms in total. The maximum absolute atomic E-state index is 12.3. The summed E-state index contributed by atoms with van der Waals surface area (Å²) in [5.74, 6) is 1.11. The van der Waals surface area contributed by atoms with E-state index in [-0.39, 0.29) is 11.9 Å². The van der Waals surface area contributed by atoms with Gasteiger partial charge < -0.3 is 5.32 Å². The number of carbonyl (C=O) groups excluding carboxylic acids is 1. The van der Waals surface area contributed by atoms with Gasteiger partial charge in [-0.25, -0.2) is 0 Å². The van der Waals surface area contributed by atoms with Gasteiger partial charge in [0.05, 0.1) is 10.8 Å². The molecule has 0 saturated heterocycles. The maximum Gasteiger partial charge on any atom is 0.230 e. The highest BCUT2D eigenvalue weighted by atomic mass is 35.5. The van der Waals surface area contributed by atoms with E-state index in [0.717, 1.165) is 42.2 Å². The van der Waals surface area contributed by atoms with E-state index in [2.05, 4.69) is 27.0 Å². The first kappa shape index (κ1) is 22.4. The van der Waals surface area contributed by atoms with E-state index in [4.69, 9.17) is 23.2 Å². The van der Waals surface area contributed by atoms with Gasteiger partial charge in [0.1, 0.15) is 0 Å². The van der Waals surface area contributed by atoms with E-state index in [1.807, 2.05) is 19.1 Å². The zero-order valence-corrected chi connectivity index (χ0v) is 19.3. The smallest absolute Gasteiger partial charge is 0.230 e. The second-order valence-electron chi connectivity index (χ2n) is 7.64. The summed E-state index contributed by atoms with van der Waals surface area (Å²) >= 11 is 14.0. The second kappa shape index (κ2) is 10.7. The predicted molar refractivity (Wildman–Crippen MR) is 121 cm³/mol. The second-order valence-corrected chi connectivity index (χ2v) is 9.42. The molecule has 1 heterocycles. The average Bonchev–Trinajstić information content (AvgIpc) is 3.11. The van der Waals surface area contributed by atoms with Crippen LogP contribution in [0.5, 0.6) is 0 Å². The molecule has 158 valence electrons. The summed E-state index contributed by atoms with van der Waals surface area (Å²) in [7, 11) is 0. The molecular formula is C21H28Cl2N4OS. The SMILES string of the molecule is CCCC(C)NC(=O)CSc1nnc(-c2ccc(Cl)cc2Cl)n1C1CCCCC1. The lowest BCUT2D eigenvalue weighted by Gasteiger charge is -2.25. The molecule has 3 rings (SSSR count). The molecule has 0 bridgehead atoms. The largest absolute Gasteiger partial charge is 0.353 e. The van der Waals surface area contributed by atoms with Gasteiger partial charge in [0.25, 0.3) is 0 Å². The van der Waals surface area contributed by atoms with Crippen molar-refractivity contribution in [3.8, 4) is 11.4 Å². The number of halogens is 2. The van der Waals surface area contributed by atoms with Crippen molar-refractivity contribution in [2.24, 2.45) is 0 Å². The van der Waals surface area contributed by atoms with Gasteiger partial charge in [-0.05, 0) is 44.4 Å². The van der Waals surface area contributed by atoms with Crippen molar-refractivity contribution in [2.75, 3.05) is 5.75 Å². The van der Waals surface area contributed by atoms with Gasteiger partial charge in [-0.15, -0.1) is 10.2 Å². The predicted octanol–water partition coefficient (Wildman–Crippen LogP) is 6.15. The number of hydrogen-bond acceptors (Lipinski definition) is 4. The molecule has 8 heteroatoms. The van der Waals surface area contributed by atoms with Gasteiger partial charge >= 0.3 is 0 Å². The fourth-order valence-electron chi connectivity index (χ4n) is 3.85. The molecule has 1 aliphatic carbocycles. The topological polar surface area (TPSA) is 59.8 Å². The first-order valence-electron chi connectivity index (χ1n) is 10.3. The summed E-state index contributed by atoms with van der Waals surface area (Å²) in [5, 5.41) is 13.9. The van der Waals surface area contributed by atoms with Crippen LogP contribution in [0.3, 0.4) is 0 Å².